The van der Waals surface area contributed by atoms with Crippen LogP contribution >= 0.6 is 0 Å². The second-order valence-corrected chi connectivity index (χ2v) is 7.38. The van der Waals surface area contributed by atoms with Crippen LogP contribution in [-0.2, 0) is 21.0 Å². The van der Waals surface area contributed by atoms with Crippen molar-refractivity contribution < 1.29 is 26.4 Å². The minimum absolute atomic E-state index is 0.0157. The van der Waals surface area contributed by atoms with Crippen molar-refractivity contribution in [3.05, 3.63) is 29.8 Å². The number of hydrogen-bond acceptors (Lipinski definition) is 3. The standard InChI is InChI=1S/C15H19F3N2O3S/c16-15(17,18)12-5-4-6-13(11-12)24(22,23)19-8-7-14(21)20-9-2-1-3-10-20/h4-6,11,19H,1-3,7-10H2. The predicted octanol–water partition coefficient (Wildman–Crippen LogP) is 2.39. The van der Waals surface area contributed by atoms with E-state index in [1.54, 1.807) is 4.90 Å². The van der Waals surface area contributed by atoms with Gasteiger partial charge < -0.3 is 4.90 Å². The van der Waals surface area contributed by atoms with Crippen LogP contribution in [-0.4, -0.2) is 38.9 Å². The fourth-order valence-electron chi connectivity index (χ4n) is 2.52. The van der Waals surface area contributed by atoms with Crippen molar-refractivity contribution in [1.29, 1.82) is 0 Å². The Morgan fingerprint density at radius 3 is 2.46 bits per heavy atom. The van der Waals surface area contributed by atoms with Crippen LogP contribution in [0.4, 0.5) is 13.2 Å². The van der Waals surface area contributed by atoms with Gasteiger partial charge >= 0.3 is 6.18 Å². The Hall–Kier alpha value is -1.61. The summed E-state index contributed by atoms with van der Waals surface area (Å²) in [6.07, 6.45) is -1.69. The topological polar surface area (TPSA) is 66.5 Å². The highest BCUT2D eigenvalue weighted by molar-refractivity contribution is 7.89. The van der Waals surface area contributed by atoms with E-state index in [0.717, 1.165) is 37.5 Å². The Bertz CT molecular complexity index is 683. The van der Waals surface area contributed by atoms with Crippen molar-refractivity contribution >= 4 is 15.9 Å². The smallest absolute Gasteiger partial charge is 0.343 e. The molecule has 1 aromatic rings. The van der Waals surface area contributed by atoms with Crippen LogP contribution in [0.3, 0.4) is 0 Å². The molecule has 0 bridgehead atoms. The maximum atomic E-state index is 12.7. The molecular formula is C15H19F3N2O3S. The lowest BCUT2D eigenvalue weighted by molar-refractivity contribution is -0.137. The Kier molecular flexibility index (Phi) is 5.87. The molecule has 1 fully saturated rings. The largest absolute Gasteiger partial charge is 0.416 e. The van der Waals surface area contributed by atoms with Gasteiger partial charge in [-0.05, 0) is 37.5 Å². The van der Waals surface area contributed by atoms with Crippen molar-refractivity contribution in [3.63, 3.8) is 0 Å². The van der Waals surface area contributed by atoms with Crippen molar-refractivity contribution in [2.75, 3.05) is 19.6 Å². The molecule has 0 spiro atoms. The number of rotatable bonds is 5. The molecule has 1 aliphatic rings. The van der Waals surface area contributed by atoms with Crippen molar-refractivity contribution in [2.45, 2.75) is 36.8 Å². The first-order valence-corrected chi connectivity index (χ1v) is 9.13. The quantitative estimate of drug-likeness (QED) is 0.872. The van der Waals surface area contributed by atoms with Crippen molar-refractivity contribution in [2.24, 2.45) is 0 Å². The van der Waals surface area contributed by atoms with E-state index in [2.05, 4.69) is 4.72 Å². The second kappa shape index (κ2) is 7.52. The maximum Gasteiger partial charge on any atom is 0.416 e. The normalized spacial score (nSPS) is 16.2. The summed E-state index contributed by atoms with van der Waals surface area (Å²) in [5, 5.41) is 0. The van der Waals surface area contributed by atoms with Crippen LogP contribution < -0.4 is 4.72 Å². The van der Waals surface area contributed by atoms with E-state index >= 15 is 0 Å². The molecule has 2 rings (SSSR count). The Morgan fingerprint density at radius 1 is 1.17 bits per heavy atom. The van der Waals surface area contributed by atoms with Crippen LogP contribution in [0.5, 0.6) is 0 Å². The predicted molar refractivity (Wildman–Crippen MR) is 81.7 cm³/mol. The van der Waals surface area contributed by atoms with E-state index in [-0.39, 0.29) is 18.9 Å². The summed E-state index contributed by atoms with van der Waals surface area (Å²) in [5.41, 5.74) is -1.03. The molecule has 1 N–H and O–H groups in total. The third kappa shape index (κ3) is 4.94. The molecule has 0 aliphatic carbocycles. The average Bonchev–Trinajstić information content (AvgIpc) is 2.55. The average molecular weight is 364 g/mol. The third-order valence-corrected chi connectivity index (χ3v) is 5.27. The third-order valence-electron chi connectivity index (χ3n) is 3.81. The van der Waals surface area contributed by atoms with Gasteiger partial charge in [-0.2, -0.15) is 13.2 Å². The fraction of sp³-hybridized carbons (Fsp3) is 0.533. The second-order valence-electron chi connectivity index (χ2n) is 5.61. The summed E-state index contributed by atoms with van der Waals surface area (Å²) in [6, 6.07) is 3.51. The molecule has 5 nitrogen and oxygen atoms in total. The summed E-state index contributed by atoms with van der Waals surface area (Å²) in [6.45, 7) is 1.19. The minimum Gasteiger partial charge on any atom is -0.343 e. The van der Waals surface area contributed by atoms with Gasteiger partial charge in [-0.25, -0.2) is 13.1 Å². The van der Waals surface area contributed by atoms with Crippen molar-refractivity contribution in [1.82, 2.24) is 9.62 Å². The Balaban J connectivity index is 1.95. The summed E-state index contributed by atoms with van der Waals surface area (Å²) >= 11 is 0. The van der Waals surface area contributed by atoms with Gasteiger partial charge in [-0.1, -0.05) is 6.07 Å². The molecule has 1 aliphatic heterocycles. The van der Waals surface area contributed by atoms with Crippen LogP contribution in [0.25, 0.3) is 0 Å². The van der Waals surface area contributed by atoms with E-state index < -0.39 is 26.7 Å². The molecular weight excluding hydrogens is 345 g/mol. The molecule has 1 saturated heterocycles. The number of nitrogens with one attached hydrogen (secondary N) is 1. The first-order valence-electron chi connectivity index (χ1n) is 7.65. The molecule has 1 amide bonds. The number of likely N-dealkylation sites (tertiary alicyclic amines) is 1. The number of halogens is 3. The molecule has 24 heavy (non-hydrogen) atoms. The van der Waals surface area contributed by atoms with E-state index in [0.29, 0.717) is 19.2 Å². The number of piperidine rings is 1. The summed E-state index contributed by atoms with van der Waals surface area (Å²) < 4.78 is 64.3. The summed E-state index contributed by atoms with van der Waals surface area (Å²) in [4.78, 5) is 13.2. The highest BCUT2D eigenvalue weighted by Gasteiger charge is 2.31. The summed E-state index contributed by atoms with van der Waals surface area (Å²) in [7, 11) is -4.09. The van der Waals surface area contributed by atoms with Gasteiger partial charge in [0, 0.05) is 26.1 Å². The zero-order valence-electron chi connectivity index (χ0n) is 13.0. The van der Waals surface area contributed by atoms with Gasteiger partial charge in [-0.3, -0.25) is 4.79 Å². The van der Waals surface area contributed by atoms with Gasteiger partial charge in [0.05, 0.1) is 10.5 Å². The minimum atomic E-state index is -4.62. The van der Waals surface area contributed by atoms with Gasteiger partial charge in [0.1, 0.15) is 0 Å². The number of benzene rings is 1. The number of carbonyl (C=O) groups excluding carboxylic acids is 1. The van der Waals surface area contributed by atoms with Crippen LogP contribution in [0.1, 0.15) is 31.2 Å². The fourth-order valence-corrected chi connectivity index (χ4v) is 3.59. The van der Waals surface area contributed by atoms with Gasteiger partial charge in [0.15, 0.2) is 0 Å². The van der Waals surface area contributed by atoms with Crippen LogP contribution in [0.15, 0.2) is 29.2 Å². The zero-order chi connectivity index (χ0) is 17.8. The Morgan fingerprint density at radius 2 is 1.83 bits per heavy atom. The van der Waals surface area contributed by atoms with E-state index in [9.17, 15) is 26.4 Å². The van der Waals surface area contributed by atoms with E-state index in [1.165, 1.54) is 0 Å². The van der Waals surface area contributed by atoms with Crippen LogP contribution in [0.2, 0.25) is 0 Å². The number of nitrogens with zero attached hydrogens (tertiary/aromatic N) is 1. The van der Waals surface area contributed by atoms with Crippen molar-refractivity contribution in [3.8, 4) is 0 Å². The van der Waals surface area contributed by atoms with Gasteiger partial charge in [-0.15, -0.1) is 0 Å². The molecule has 0 saturated carbocycles. The number of sulfonamides is 1. The number of hydrogen-bond donors (Lipinski definition) is 1. The zero-order valence-corrected chi connectivity index (χ0v) is 13.8. The van der Waals surface area contributed by atoms with E-state index in [1.807, 2.05) is 0 Å². The molecule has 0 aromatic heterocycles. The molecule has 1 heterocycles. The monoisotopic (exact) mass is 364 g/mol. The number of amides is 1. The lowest BCUT2D eigenvalue weighted by Gasteiger charge is -2.26. The highest BCUT2D eigenvalue weighted by Crippen LogP contribution is 2.30. The molecule has 0 atom stereocenters. The molecule has 0 unspecified atom stereocenters. The van der Waals surface area contributed by atoms with Crippen LogP contribution in [0, 0.1) is 0 Å². The highest BCUT2D eigenvalue weighted by atomic mass is 32.2. The van der Waals surface area contributed by atoms with Gasteiger partial charge in [0.25, 0.3) is 0 Å². The molecule has 1 aromatic carbocycles. The maximum absolute atomic E-state index is 12.7. The van der Waals surface area contributed by atoms with E-state index in [4.69, 9.17) is 0 Å². The molecule has 0 radical (unpaired) electrons. The first-order chi connectivity index (χ1) is 11.2. The lowest BCUT2D eigenvalue weighted by Crippen LogP contribution is -2.37. The lowest BCUT2D eigenvalue weighted by atomic mass is 10.1. The van der Waals surface area contributed by atoms with Gasteiger partial charge in [0.2, 0.25) is 15.9 Å². The summed E-state index contributed by atoms with van der Waals surface area (Å²) in [5.74, 6) is -0.151. The Labute approximate surface area is 138 Å². The SMILES string of the molecule is O=C(CCNS(=O)(=O)c1cccc(C(F)(F)F)c1)N1CCCCC1. The molecule has 134 valence electrons. The number of carbonyl (C=O) groups is 1. The number of alkyl halides is 3. The molecule has 9 heteroatoms. The first kappa shape index (κ1) is 18.7.